The average molecular weight is 429 g/mol. The predicted molar refractivity (Wildman–Crippen MR) is 116 cm³/mol. The van der Waals surface area contributed by atoms with E-state index in [9.17, 15) is 18.0 Å². The fraction of sp³-hybridized carbons (Fsp3) is 0.238. The van der Waals surface area contributed by atoms with Gasteiger partial charge in [0.05, 0.1) is 16.2 Å². The Morgan fingerprint density at radius 2 is 1.76 bits per heavy atom. The number of Topliss-reactive ketones (excluding diaryl/α,β-unsaturated/α-hetero) is 1. The molecule has 0 saturated carbocycles. The van der Waals surface area contributed by atoms with E-state index < -0.39 is 21.4 Å². The molecule has 0 atom stereocenters. The van der Waals surface area contributed by atoms with Gasteiger partial charge in [-0.25, -0.2) is 8.42 Å². The van der Waals surface area contributed by atoms with Crippen LogP contribution in [0.4, 0.5) is 11.4 Å². The van der Waals surface area contributed by atoms with Crippen LogP contribution in [-0.4, -0.2) is 50.8 Å². The molecule has 1 fully saturated rings. The Labute approximate surface area is 173 Å². The van der Waals surface area contributed by atoms with E-state index in [0.717, 1.165) is 36.5 Å². The van der Waals surface area contributed by atoms with Crippen molar-refractivity contribution in [3.05, 3.63) is 65.4 Å². The number of ketones is 2. The monoisotopic (exact) mass is 428 g/mol. The molecule has 1 aliphatic carbocycles. The average Bonchev–Trinajstić information content (AvgIpc) is 2.71. The molecule has 0 amide bonds. The molecule has 2 aromatic rings. The SMILES string of the molecule is CS(=O)(=O)c1cccc2c1C(=O)C=C(Nc1cccc(N3CCSCC3)c1)C2=O. The Hall–Kier alpha value is -2.58. The Kier molecular flexibility index (Phi) is 5.23. The first-order valence-corrected chi connectivity index (χ1v) is 12.2. The molecule has 0 unspecified atom stereocenters. The molecule has 1 aliphatic heterocycles. The van der Waals surface area contributed by atoms with Gasteiger partial charge in [-0.05, 0) is 24.3 Å². The van der Waals surface area contributed by atoms with Crippen LogP contribution in [0, 0.1) is 0 Å². The summed E-state index contributed by atoms with van der Waals surface area (Å²) in [4.78, 5) is 27.8. The second-order valence-corrected chi connectivity index (χ2v) is 10.2. The molecule has 1 N–H and O–H groups in total. The van der Waals surface area contributed by atoms with Crippen molar-refractivity contribution in [3.63, 3.8) is 0 Å². The quantitative estimate of drug-likeness (QED) is 0.801. The number of hydrogen-bond donors (Lipinski definition) is 1. The fourth-order valence-electron chi connectivity index (χ4n) is 3.55. The van der Waals surface area contributed by atoms with Crippen LogP contribution in [0.3, 0.4) is 0 Å². The summed E-state index contributed by atoms with van der Waals surface area (Å²) in [7, 11) is -3.63. The molecular weight excluding hydrogens is 408 g/mol. The van der Waals surface area contributed by atoms with Crippen LogP contribution >= 0.6 is 11.8 Å². The zero-order valence-corrected chi connectivity index (χ0v) is 17.5. The minimum atomic E-state index is -3.63. The van der Waals surface area contributed by atoms with Gasteiger partial charge in [0.15, 0.2) is 15.6 Å². The summed E-state index contributed by atoms with van der Waals surface area (Å²) in [6, 6.07) is 12.0. The van der Waals surface area contributed by atoms with Crippen LogP contribution < -0.4 is 10.2 Å². The topological polar surface area (TPSA) is 83.6 Å². The van der Waals surface area contributed by atoms with E-state index in [1.165, 1.54) is 24.3 Å². The number of sulfone groups is 1. The molecule has 6 nitrogen and oxygen atoms in total. The maximum Gasteiger partial charge on any atom is 0.210 e. The van der Waals surface area contributed by atoms with Crippen molar-refractivity contribution in [2.75, 3.05) is 41.1 Å². The molecule has 2 aliphatic rings. The summed E-state index contributed by atoms with van der Waals surface area (Å²) in [6.45, 7) is 1.94. The van der Waals surface area contributed by atoms with Crippen molar-refractivity contribution in [2.24, 2.45) is 0 Å². The second kappa shape index (κ2) is 7.68. The Balaban J connectivity index is 1.64. The molecular formula is C21H20N2O4S2. The highest BCUT2D eigenvalue weighted by atomic mass is 32.2. The first-order chi connectivity index (χ1) is 13.8. The highest BCUT2D eigenvalue weighted by Crippen LogP contribution is 2.29. The molecule has 0 radical (unpaired) electrons. The molecule has 1 heterocycles. The predicted octanol–water partition coefficient (Wildman–Crippen LogP) is 3.02. The van der Waals surface area contributed by atoms with Gasteiger partial charge >= 0.3 is 0 Å². The first-order valence-electron chi connectivity index (χ1n) is 9.18. The number of hydrogen-bond acceptors (Lipinski definition) is 7. The molecule has 2 aromatic carbocycles. The summed E-state index contributed by atoms with van der Waals surface area (Å²) >= 11 is 1.93. The highest BCUT2D eigenvalue weighted by molar-refractivity contribution is 7.99. The lowest BCUT2D eigenvalue weighted by Crippen LogP contribution is -2.32. The van der Waals surface area contributed by atoms with Crippen molar-refractivity contribution in [3.8, 4) is 0 Å². The summed E-state index contributed by atoms with van der Waals surface area (Å²) in [5.74, 6) is 1.27. The lowest BCUT2D eigenvalue weighted by molar-refractivity contribution is 0.0983. The van der Waals surface area contributed by atoms with E-state index in [2.05, 4.69) is 10.2 Å². The van der Waals surface area contributed by atoms with Crippen molar-refractivity contribution in [2.45, 2.75) is 4.90 Å². The number of benzene rings is 2. The minimum absolute atomic E-state index is 0.0508. The highest BCUT2D eigenvalue weighted by Gasteiger charge is 2.30. The van der Waals surface area contributed by atoms with Crippen LogP contribution in [0.25, 0.3) is 0 Å². The van der Waals surface area contributed by atoms with E-state index in [0.29, 0.717) is 5.69 Å². The molecule has 0 aromatic heterocycles. The zero-order valence-electron chi connectivity index (χ0n) is 15.8. The van der Waals surface area contributed by atoms with Crippen molar-refractivity contribution >= 4 is 44.5 Å². The van der Waals surface area contributed by atoms with Gasteiger partial charge in [0.25, 0.3) is 0 Å². The van der Waals surface area contributed by atoms with Gasteiger partial charge in [-0.2, -0.15) is 11.8 Å². The number of allylic oxidation sites excluding steroid dienone is 2. The van der Waals surface area contributed by atoms with E-state index in [-0.39, 0.29) is 21.7 Å². The van der Waals surface area contributed by atoms with Gasteiger partial charge in [-0.3, -0.25) is 9.59 Å². The van der Waals surface area contributed by atoms with Gasteiger partial charge in [-0.15, -0.1) is 0 Å². The Morgan fingerprint density at radius 3 is 2.48 bits per heavy atom. The smallest absolute Gasteiger partial charge is 0.210 e. The van der Waals surface area contributed by atoms with E-state index in [1.54, 1.807) is 0 Å². The zero-order chi connectivity index (χ0) is 20.6. The fourth-order valence-corrected chi connectivity index (χ4v) is 5.36. The van der Waals surface area contributed by atoms with Gasteiger partial charge in [0.1, 0.15) is 0 Å². The molecule has 8 heteroatoms. The standard InChI is InChI=1S/C21H20N2O4S2/c1-29(26,27)19-7-3-6-16-20(19)18(24)13-17(21(16)25)22-14-4-2-5-15(12-14)23-8-10-28-11-9-23/h2-7,12-13,22H,8-11H2,1H3. The van der Waals surface area contributed by atoms with Crippen molar-refractivity contribution in [1.82, 2.24) is 0 Å². The normalized spacial score (nSPS) is 17.0. The number of thioether (sulfide) groups is 1. The van der Waals surface area contributed by atoms with Crippen LogP contribution in [-0.2, 0) is 9.84 Å². The van der Waals surface area contributed by atoms with Crippen LogP contribution in [0.2, 0.25) is 0 Å². The second-order valence-electron chi connectivity index (χ2n) is 6.98. The summed E-state index contributed by atoms with van der Waals surface area (Å²) < 4.78 is 24.0. The summed E-state index contributed by atoms with van der Waals surface area (Å²) in [6.07, 6.45) is 2.21. The summed E-state index contributed by atoms with van der Waals surface area (Å²) in [5, 5.41) is 3.05. The van der Waals surface area contributed by atoms with Crippen LogP contribution in [0.15, 0.2) is 59.1 Å². The summed E-state index contributed by atoms with van der Waals surface area (Å²) in [5.41, 5.74) is 1.96. The maximum absolute atomic E-state index is 12.9. The van der Waals surface area contributed by atoms with Gasteiger partial charge < -0.3 is 10.2 Å². The maximum atomic E-state index is 12.9. The lowest BCUT2D eigenvalue weighted by Gasteiger charge is -2.29. The molecule has 0 bridgehead atoms. The number of carbonyl (C=O) groups is 2. The minimum Gasteiger partial charge on any atom is -0.370 e. The third kappa shape index (κ3) is 3.95. The van der Waals surface area contributed by atoms with Gasteiger partial charge in [0.2, 0.25) is 5.78 Å². The van der Waals surface area contributed by atoms with E-state index in [4.69, 9.17) is 0 Å². The number of carbonyl (C=O) groups excluding carboxylic acids is 2. The van der Waals surface area contributed by atoms with Crippen LogP contribution in [0.1, 0.15) is 20.7 Å². The number of rotatable bonds is 4. The number of anilines is 2. The van der Waals surface area contributed by atoms with E-state index >= 15 is 0 Å². The molecule has 29 heavy (non-hydrogen) atoms. The largest absolute Gasteiger partial charge is 0.370 e. The van der Waals surface area contributed by atoms with Gasteiger partial charge in [0, 0.05) is 53.9 Å². The molecule has 0 spiro atoms. The molecule has 4 rings (SSSR count). The number of nitrogens with one attached hydrogen (secondary N) is 1. The van der Waals surface area contributed by atoms with Gasteiger partial charge in [-0.1, -0.05) is 18.2 Å². The van der Waals surface area contributed by atoms with Crippen molar-refractivity contribution < 1.29 is 18.0 Å². The van der Waals surface area contributed by atoms with Crippen molar-refractivity contribution in [1.29, 1.82) is 0 Å². The third-order valence-electron chi connectivity index (χ3n) is 4.94. The molecule has 150 valence electrons. The lowest BCUT2D eigenvalue weighted by atomic mass is 9.92. The Morgan fingerprint density at radius 1 is 1.03 bits per heavy atom. The molecule has 1 saturated heterocycles. The third-order valence-corrected chi connectivity index (χ3v) is 7.02. The number of nitrogens with zero attached hydrogens (tertiary/aromatic N) is 1. The van der Waals surface area contributed by atoms with E-state index in [1.807, 2.05) is 36.0 Å². The first kappa shape index (κ1) is 19.7. The number of fused-ring (bicyclic) bond motifs is 1. The van der Waals surface area contributed by atoms with Crippen LogP contribution in [0.5, 0.6) is 0 Å². The Bertz CT molecular complexity index is 1130.